The molecule has 1 atom stereocenters. The van der Waals surface area contributed by atoms with Crippen molar-refractivity contribution in [1.29, 1.82) is 0 Å². The zero-order valence-electron chi connectivity index (χ0n) is 16.7. The fourth-order valence-corrected chi connectivity index (χ4v) is 3.70. The largest absolute Gasteiger partial charge is 0.497 e. The molecule has 1 aromatic heterocycles. The SMILES string of the molecule is COc1ccc(N2CCN(c3ccc(C(=O)NCC4CCCO4)nn3)CC2)cc1. The van der Waals surface area contributed by atoms with Gasteiger partial charge in [-0.3, -0.25) is 4.79 Å². The molecule has 0 spiro atoms. The fraction of sp³-hybridized carbons (Fsp3) is 0.476. The Hall–Kier alpha value is -2.87. The summed E-state index contributed by atoms with van der Waals surface area (Å²) in [6.45, 7) is 4.81. The molecule has 8 heteroatoms. The first-order chi connectivity index (χ1) is 14.2. The number of carbonyl (C=O) groups excluding carboxylic acids is 1. The fourth-order valence-electron chi connectivity index (χ4n) is 3.70. The number of anilines is 2. The molecular formula is C21H27N5O3. The second-order valence-corrected chi connectivity index (χ2v) is 7.29. The monoisotopic (exact) mass is 397 g/mol. The molecule has 2 saturated heterocycles. The molecule has 8 nitrogen and oxygen atoms in total. The van der Waals surface area contributed by atoms with Gasteiger partial charge in [-0.1, -0.05) is 0 Å². The van der Waals surface area contributed by atoms with E-state index in [0.717, 1.165) is 57.2 Å². The van der Waals surface area contributed by atoms with Crippen molar-refractivity contribution in [3.63, 3.8) is 0 Å². The van der Waals surface area contributed by atoms with Crippen LogP contribution in [0.15, 0.2) is 36.4 Å². The molecule has 1 N–H and O–H groups in total. The Balaban J connectivity index is 1.28. The maximum Gasteiger partial charge on any atom is 0.271 e. The van der Waals surface area contributed by atoms with E-state index in [1.54, 1.807) is 13.2 Å². The third kappa shape index (κ3) is 4.76. The van der Waals surface area contributed by atoms with Gasteiger partial charge in [0, 0.05) is 45.0 Å². The Kier molecular flexibility index (Phi) is 6.09. The van der Waals surface area contributed by atoms with Crippen LogP contribution in [0, 0.1) is 0 Å². The lowest BCUT2D eigenvalue weighted by atomic mass is 10.2. The van der Waals surface area contributed by atoms with Gasteiger partial charge in [0.1, 0.15) is 5.75 Å². The first-order valence-corrected chi connectivity index (χ1v) is 10.1. The maximum atomic E-state index is 12.2. The second kappa shape index (κ2) is 9.09. The van der Waals surface area contributed by atoms with E-state index in [1.165, 1.54) is 5.69 Å². The standard InChI is InChI=1S/C21H27N5O3/c1-28-17-6-4-16(5-7-17)25-10-12-26(13-11-25)20-9-8-19(23-24-20)21(27)22-15-18-3-2-14-29-18/h4-9,18H,2-3,10-15H2,1H3,(H,22,27). The van der Waals surface area contributed by atoms with Crippen LogP contribution in [0.3, 0.4) is 0 Å². The van der Waals surface area contributed by atoms with Crippen molar-refractivity contribution in [3.8, 4) is 5.75 Å². The van der Waals surface area contributed by atoms with Crippen LogP contribution in [0.4, 0.5) is 11.5 Å². The van der Waals surface area contributed by atoms with Crippen molar-refractivity contribution >= 4 is 17.4 Å². The Morgan fingerprint density at radius 2 is 1.86 bits per heavy atom. The summed E-state index contributed by atoms with van der Waals surface area (Å²) in [5, 5.41) is 11.3. The van der Waals surface area contributed by atoms with E-state index in [1.807, 2.05) is 18.2 Å². The van der Waals surface area contributed by atoms with Crippen LogP contribution in [-0.2, 0) is 4.74 Å². The van der Waals surface area contributed by atoms with Crippen molar-refractivity contribution in [1.82, 2.24) is 15.5 Å². The van der Waals surface area contributed by atoms with Crippen LogP contribution in [0.25, 0.3) is 0 Å². The smallest absolute Gasteiger partial charge is 0.271 e. The number of hydrogen-bond acceptors (Lipinski definition) is 7. The summed E-state index contributed by atoms with van der Waals surface area (Å²) >= 11 is 0. The van der Waals surface area contributed by atoms with Gasteiger partial charge < -0.3 is 24.6 Å². The van der Waals surface area contributed by atoms with E-state index in [0.29, 0.717) is 12.2 Å². The summed E-state index contributed by atoms with van der Waals surface area (Å²) < 4.78 is 10.7. The molecule has 29 heavy (non-hydrogen) atoms. The highest BCUT2D eigenvalue weighted by Crippen LogP contribution is 2.22. The lowest BCUT2D eigenvalue weighted by molar-refractivity contribution is 0.0853. The van der Waals surface area contributed by atoms with E-state index in [2.05, 4.69) is 37.4 Å². The molecule has 1 aromatic carbocycles. The highest BCUT2D eigenvalue weighted by atomic mass is 16.5. The number of rotatable bonds is 6. The van der Waals surface area contributed by atoms with Gasteiger partial charge in [-0.15, -0.1) is 10.2 Å². The normalized spacial score (nSPS) is 19.3. The van der Waals surface area contributed by atoms with E-state index in [9.17, 15) is 4.79 Å². The van der Waals surface area contributed by atoms with Crippen molar-refractivity contribution in [2.24, 2.45) is 0 Å². The molecule has 2 aromatic rings. The highest BCUT2D eigenvalue weighted by Gasteiger charge is 2.20. The Morgan fingerprint density at radius 1 is 1.10 bits per heavy atom. The number of piperazine rings is 1. The molecule has 2 aliphatic rings. The van der Waals surface area contributed by atoms with Crippen molar-refractivity contribution in [2.45, 2.75) is 18.9 Å². The summed E-state index contributed by atoms with van der Waals surface area (Å²) in [6.07, 6.45) is 2.17. The molecule has 2 aliphatic heterocycles. The zero-order valence-corrected chi connectivity index (χ0v) is 16.7. The van der Waals surface area contributed by atoms with E-state index in [4.69, 9.17) is 9.47 Å². The minimum atomic E-state index is -0.205. The van der Waals surface area contributed by atoms with Gasteiger partial charge in [0.15, 0.2) is 11.5 Å². The summed E-state index contributed by atoms with van der Waals surface area (Å²) in [7, 11) is 1.67. The predicted molar refractivity (Wildman–Crippen MR) is 111 cm³/mol. The molecule has 2 fully saturated rings. The van der Waals surface area contributed by atoms with Gasteiger partial charge in [-0.25, -0.2) is 0 Å². The summed E-state index contributed by atoms with van der Waals surface area (Å²) in [4.78, 5) is 16.8. The molecule has 1 unspecified atom stereocenters. The van der Waals surface area contributed by atoms with Crippen LogP contribution in [0.1, 0.15) is 23.3 Å². The molecule has 3 heterocycles. The van der Waals surface area contributed by atoms with Crippen LogP contribution in [0.2, 0.25) is 0 Å². The van der Waals surface area contributed by atoms with Crippen LogP contribution >= 0.6 is 0 Å². The number of hydrogen-bond donors (Lipinski definition) is 1. The minimum Gasteiger partial charge on any atom is -0.497 e. The topological polar surface area (TPSA) is 79.8 Å². The van der Waals surface area contributed by atoms with E-state index in [-0.39, 0.29) is 12.0 Å². The number of amides is 1. The molecule has 0 aliphatic carbocycles. The second-order valence-electron chi connectivity index (χ2n) is 7.29. The first-order valence-electron chi connectivity index (χ1n) is 10.1. The molecule has 1 amide bonds. The average Bonchev–Trinajstić information content (AvgIpc) is 3.31. The Morgan fingerprint density at radius 3 is 2.48 bits per heavy atom. The first kappa shape index (κ1) is 19.4. The molecule has 0 radical (unpaired) electrons. The number of benzene rings is 1. The van der Waals surface area contributed by atoms with Crippen molar-refractivity contribution < 1.29 is 14.3 Å². The van der Waals surface area contributed by atoms with Gasteiger partial charge in [0.05, 0.1) is 13.2 Å². The summed E-state index contributed by atoms with van der Waals surface area (Å²) in [5.41, 5.74) is 1.53. The van der Waals surface area contributed by atoms with Crippen LogP contribution < -0.4 is 19.9 Å². The van der Waals surface area contributed by atoms with Crippen LogP contribution in [0.5, 0.6) is 5.75 Å². The highest BCUT2D eigenvalue weighted by molar-refractivity contribution is 5.92. The Labute approximate surface area is 170 Å². The number of ether oxygens (including phenoxy) is 2. The maximum absolute atomic E-state index is 12.2. The molecule has 0 saturated carbocycles. The van der Waals surface area contributed by atoms with Gasteiger partial charge in [-0.2, -0.15) is 0 Å². The van der Waals surface area contributed by atoms with Crippen LogP contribution in [-0.4, -0.2) is 68.6 Å². The van der Waals surface area contributed by atoms with Crippen molar-refractivity contribution in [2.75, 3.05) is 56.2 Å². The quantitative estimate of drug-likeness (QED) is 0.795. The molecule has 0 bridgehead atoms. The lowest BCUT2D eigenvalue weighted by Crippen LogP contribution is -2.47. The molecule has 4 rings (SSSR count). The average molecular weight is 397 g/mol. The van der Waals surface area contributed by atoms with Gasteiger partial charge in [0.2, 0.25) is 0 Å². The summed E-state index contributed by atoms with van der Waals surface area (Å²) in [6, 6.07) is 11.7. The van der Waals surface area contributed by atoms with Crippen molar-refractivity contribution in [3.05, 3.63) is 42.1 Å². The zero-order chi connectivity index (χ0) is 20.1. The van der Waals surface area contributed by atoms with E-state index < -0.39 is 0 Å². The minimum absolute atomic E-state index is 0.119. The number of carbonyl (C=O) groups is 1. The lowest BCUT2D eigenvalue weighted by Gasteiger charge is -2.36. The number of nitrogens with one attached hydrogen (secondary N) is 1. The third-order valence-electron chi connectivity index (χ3n) is 5.44. The molecular weight excluding hydrogens is 370 g/mol. The number of nitrogens with zero attached hydrogens (tertiary/aromatic N) is 4. The number of aromatic nitrogens is 2. The predicted octanol–water partition coefficient (Wildman–Crippen LogP) is 1.72. The van der Waals surface area contributed by atoms with Gasteiger partial charge in [0.25, 0.3) is 5.91 Å². The molecule has 154 valence electrons. The third-order valence-corrected chi connectivity index (χ3v) is 5.44. The number of methoxy groups -OCH3 is 1. The van der Waals surface area contributed by atoms with Gasteiger partial charge >= 0.3 is 0 Å². The van der Waals surface area contributed by atoms with E-state index >= 15 is 0 Å². The Bertz CT molecular complexity index is 798. The summed E-state index contributed by atoms with van der Waals surface area (Å²) in [5.74, 6) is 1.46. The van der Waals surface area contributed by atoms with Gasteiger partial charge in [-0.05, 0) is 49.2 Å².